The third-order valence-corrected chi connectivity index (χ3v) is 3.05. The number of methoxy groups -OCH3 is 1. The Morgan fingerprint density at radius 2 is 2.00 bits per heavy atom. The molecule has 1 heterocycles. The average molecular weight is 219 g/mol. The van der Waals surface area contributed by atoms with E-state index in [1.165, 1.54) is 18.5 Å². The molecule has 0 aliphatic carbocycles. The second-order valence-electron chi connectivity index (χ2n) is 4.12. The van der Waals surface area contributed by atoms with Gasteiger partial charge in [0.05, 0.1) is 12.2 Å². The van der Waals surface area contributed by atoms with Crippen LogP contribution >= 0.6 is 0 Å². The van der Waals surface area contributed by atoms with Crippen LogP contribution in [0.2, 0.25) is 0 Å². The maximum absolute atomic E-state index is 7.14. The molecule has 1 fully saturated rings. The van der Waals surface area contributed by atoms with Gasteiger partial charge >= 0.3 is 0 Å². The maximum Gasteiger partial charge on any atom is 0.182 e. The predicted octanol–water partition coefficient (Wildman–Crippen LogP) is 1.23. The van der Waals surface area contributed by atoms with Crippen LogP contribution in [-0.2, 0) is 0 Å². The van der Waals surface area contributed by atoms with Crippen molar-refractivity contribution in [3.05, 3.63) is 17.7 Å². The lowest BCUT2D eigenvalue weighted by Gasteiger charge is -2.19. The van der Waals surface area contributed by atoms with E-state index >= 15 is 0 Å². The van der Waals surface area contributed by atoms with Crippen molar-refractivity contribution in [2.45, 2.75) is 19.8 Å². The fourth-order valence-corrected chi connectivity index (χ4v) is 2.19. The van der Waals surface area contributed by atoms with Gasteiger partial charge < -0.3 is 9.64 Å². The number of ether oxygens (including phenoxy) is 1. The first-order valence-corrected chi connectivity index (χ1v) is 5.57. The molecule has 0 spiro atoms. The molecule has 1 aromatic carbocycles. The zero-order chi connectivity index (χ0) is 11.5. The van der Waals surface area contributed by atoms with Crippen molar-refractivity contribution < 1.29 is 10.3 Å². The fraction of sp³-hybridized carbons (Fsp3) is 0.500. The van der Waals surface area contributed by atoms with E-state index in [-0.39, 0.29) is 0 Å². The van der Waals surface area contributed by atoms with Crippen molar-refractivity contribution in [3.8, 4) is 5.75 Å². The highest BCUT2D eigenvalue weighted by Gasteiger charge is 2.17. The number of nitrogens with zero attached hydrogens (tertiary/aromatic N) is 2. The van der Waals surface area contributed by atoms with E-state index < -0.39 is 0 Å². The van der Waals surface area contributed by atoms with E-state index in [4.69, 9.17) is 10.3 Å². The summed E-state index contributed by atoms with van der Waals surface area (Å²) in [6, 6.07) is 4.06. The molecule has 2 rings (SSSR count). The molecule has 85 valence electrons. The molecule has 0 bridgehead atoms. The third-order valence-electron chi connectivity index (χ3n) is 3.05. The van der Waals surface area contributed by atoms with E-state index in [2.05, 4.69) is 16.1 Å². The Labute approximate surface area is 95.7 Å². The Hall–Kier alpha value is -1.58. The van der Waals surface area contributed by atoms with Crippen molar-refractivity contribution in [3.63, 3.8) is 0 Å². The highest BCUT2D eigenvalue weighted by Crippen LogP contribution is 2.35. The number of nitrogens with one attached hydrogen (secondary N) is 1. The molecule has 0 unspecified atom stereocenters. The molecular formula is C12H17N3O+. The standard InChI is InChI=1S/C12H17N3O/c1-9-7-10(15-5-3-4-6-15)8-11(16-2)12(9)14-13/h7-8,13H,3-6H2,1-2H3/q+1. The first kappa shape index (κ1) is 10.9. The molecule has 1 aliphatic rings. The first-order valence-electron chi connectivity index (χ1n) is 5.57. The van der Waals surface area contributed by atoms with Crippen LogP contribution in [0.15, 0.2) is 17.2 Å². The Kier molecular flexibility index (Phi) is 3.08. The van der Waals surface area contributed by atoms with Gasteiger partial charge in [-0.2, -0.15) is 0 Å². The van der Waals surface area contributed by atoms with Crippen molar-refractivity contribution >= 4 is 11.4 Å². The zero-order valence-corrected chi connectivity index (χ0v) is 9.79. The molecule has 4 heteroatoms. The zero-order valence-electron chi connectivity index (χ0n) is 9.79. The summed E-state index contributed by atoms with van der Waals surface area (Å²) in [4.78, 5) is 2.35. The topological polar surface area (TPSA) is 48.6 Å². The van der Waals surface area contributed by atoms with Crippen LogP contribution in [0.3, 0.4) is 0 Å². The first-order chi connectivity index (χ1) is 7.76. The van der Waals surface area contributed by atoms with Crippen molar-refractivity contribution in [1.29, 1.82) is 0 Å². The van der Waals surface area contributed by atoms with Crippen LogP contribution in [0.1, 0.15) is 18.4 Å². The molecule has 16 heavy (non-hydrogen) atoms. The molecule has 1 aromatic rings. The minimum atomic E-state index is 0.630. The second kappa shape index (κ2) is 4.51. The van der Waals surface area contributed by atoms with Gasteiger partial charge in [0, 0.05) is 24.8 Å². The maximum atomic E-state index is 7.14. The lowest BCUT2D eigenvalue weighted by Crippen LogP contribution is -2.22. The van der Waals surface area contributed by atoms with E-state index in [0.29, 0.717) is 11.4 Å². The molecule has 0 amide bonds. The number of hydrogen-bond acceptors (Lipinski definition) is 4. The number of aryl methyl sites for hydroxylation is 1. The molecule has 1 saturated heterocycles. The average Bonchev–Trinajstić information content (AvgIpc) is 2.81. The van der Waals surface area contributed by atoms with E-state index in [0.717, 1.165) is 18.7 Å². The highest BCUT2D eigenvalue weighted by molar-refractivity contribution is 5.66. The van der Waals surface area contributed by atoms with Gasteiger partial charge in [0.25, 0.3) is 0 Å². The van der Waals surface area contributed by atoms with Gasteiger partial charge in [0.1, 0.15) is 5.53 Å². The van der Waals surface area contributed by atoms with Crippen LogP contribution in [0.4, 0.5) is 11.4 Å². The Bertz CT molecular complexity index is 397. The minimum absolute atomic E-state index is 0.630. The number of benzene rings is 1. The molecule has 0 atom stereocenters. The molecule has 0 aromatic heterocycles. The molecule has 0 saturated carbocycles. The van der Waals surface area contributed by atoms with Gasteiger partial charge in [0.15, 0.2) is 11.4 Å². The molecule has 4 nitrogen and oxygen atoms in total. The molecular weight excluding hydrogens is 202 g/mol. The van der Waals surface area contributed by atoms with Crippen molar-refractivity contribution in [2.75, 3.05) is 25.1 Å². The Balaban J connectivity index is 2.40. The smallest absolute Gasteiger partial charge is 0.182 e. The van der Waals surface area contributed by atoms with Gasteiger partial charge in [-0.05, 0) is 31.4 Å². The van der Waals surface area contributed by atoms with Crippen molar-refractivity contribution in [1.82, 2.24) is 0 Å². The summed E-state index contributed by atoms with van der Waals surface area (Å²) < 4.78 is 5.28. The SMILES string of the molecule is COc1cc(N2CCCC2)cc(C)c1N=[NH+]. The van der Waals surface area contributed by atoms with Crippen molar-refractivity contribution in [2.24, 2.45) is 5.11 Å². The van der Waals surface area contributed by atoms with Gasteiger partial charge in [-0.15, -0.1) is 0 Å². The van der Waals surface area contributed by atoms with E-state index in [1.807, 2.05) is 13.0 Å². The van der Waals surface area contributed by atoms with Gasteiger partial charge in [0.2, 0.25) is 0 Å². The summed E-state index contributed by atoms with van der Waals surface area (Å²) in [6.07, 6.45) is 2.51. The van der Waals surface area contributed by atoms with Crippen LogP contribution < -0.4 is 15.2 Å². The number of hydrogen-bond donors (Lipinski definition) is 1. The third kappa shape index (κ3) is 1.87. The van der Waals surface area contributed by atoms with E-state index in [9.17, 15) is 0 Å². The van der Waals surface area contributed by atoms with Crippen LogP contribution in [0.5, 0.6) is 5.75 Å². The number of rotatable bonds is 3. The summed E-state index contributed by atoms with van der Waals surface area (Å²) >= 11 is 0. The van der Waals surface area contributed by atoms with Gasteiger partial charge in [-0.1, -0.05) is 0 Å². The summed E-state index contributed by atoms with van der Waals surface area (Å²) in [5, 5.41) is 3.52. The van der Waals surface area contributed by atoms with Crippen LogP contribution in [0, 0.1) is 6.92 Å². The lowest BCUT2D eigenvalue weighted by molar-refractivity contribution is -0.210. The summed E-state index contributed by atoms with van der Waals surface area (Å²) in [5.74, 6) is 0.692. The van der Waals surface area contributed by atoms with Crippen LogP contribution in [-0.4, -0.2) is 20.2 Å². The normalized spacial score (nSPS) is 15.2. The highest BCUT2D eigenvalue weighted by atomic mass is 16.5. The fourth-order valence-electron chi connectivity index (χ4n) is 2.19. The van der Waals surface area contributed by atoms with Gasteiger partial charge in [-0.3, -0.25) is 0 Å². The Morgan fingerprint density at radius 1 is 1.31 bits per heavy atom. The predicted molar refractivity (Wildman–Crippen MR) is 62.2 cm³/mol. The summed E-state index contributed by atoms with van der Waals surface area (Å²) in [5.41, 5.74) is 9.95. The molecule has 1 aliphatic heterocycles. The summed E-state index contributed by atoms with van der Waals surface area (Å²) in [6.45, 7) is 4.19. The number of anilines is 1. The summed E-state index contributed by atoms with van der Waals surface area (Å²) in [7, 11) is 1.62. The van der Waals surface area contributed by atoms with Crippen LogP contribution in [0.25, 0.3) is 0 Å². The lowest BCUT2D eigenvalue weighted by atomic mass is 10.1. The van der Waals surface area contributed by atoms with E-state index in [1.54, 1.807) is 7.11 Å². The molecule has 1 N–H and O–H groups in total. The second-order valence-corrected chi connectivity index (χ2v) is 4.12. The minimum Gasteiger partial charge on any atom is -0.494 e. The Morgan fingerprint density at radius 3 is 2.56 bits per heavy atom. The van der Waals surface area contributed by atoms with Gasteiger partial charge in [-0.25, -0.2) is 0 Å². The largest absolute Gasteiger partial charge is 0.494 e. The quantitative estimate of drug-likeness (QED) is 0.777. The molecule has 1 radical (unpaired) electrons. The monoisotopic (exact) mass is 219 g/mol.